The maximum Gasteiger partial charge on any atom is 0.153 e. The van der Waals surface area contributed by atoms with Crippen molar-refractivity contribution >= 4 is 87.4 Å². The Morgan fingerprint density at radius 3 is 1.31 bits per heavy atom. The Bertz CT molecular complexity index is 3370. The Kier molecular flexibility index (Phi) is 5.44. The first-order valence-corrected chi connectivity index (χ1v) is 17.6. The summed E-state index contributed by atoms with van der Waals surface area (Å²) in [6.07, 6.45) is 1.85. The van der Waals surface area contributed by atoms with E-state index in [1.165, 1.54) is 54.4 Å². The van der Waals surface area contributed by atoms with Crippen molar-refractivity contribution in [3.05, 3.63) is 170 Å². The average Bonchev–Trinajstić information content (AvgIpc) is 3.93. The van der Waals surface area contributed by atoms with Crippen molar-refractivity contribution in [2.24, 2.45) is 0 Å². The van der Waals surface area contributed by atoms with Crippen LogP contribution in [0.3, 0.4) is 0 Å². The van der Waals surface area contributed by atoms with Gasteiger partial charge in [0, 0.05) is 54.5 Å². The lowest BCUT2D eigenvalue weighted by atomic mass is 10.1. The molecular formula is C47H28N4O. The number of fused-ring (bicyclic) bond motifs is 12. The van der Waals surface area contributed by atoms with Gasteiger partial charge in [-0.3, -0.25) is 4.57 Å². The van der Waals surface area contributed by atoms with Crippen LogP contribution in [0.1, 0.15) is 0 Å². The Balaban J connectivity index is 1.08. The van der Waals surface area contributed by atoms with Crippen LogP contribution in [0, 0.1) is 0 Å². The van der Waals surface area contributed by atoms with E-state index in [0.29, 0.717) is 0 Å². The summed E-state index contributed by atoms with van der Waals surface area (Å²) in [6, 6.07) is 58.9. The quantitative estimate of drug-likeness (QED) is 0.189. The second-order valence-electron chi connectivity index (χ2n) is 13.6. The molecule has 0 radical (unpaired) electrons. The molecule has 0 aliphatic heterocycles. The zero-order valence-corrected chi connectivity index (χ0v) is 27.9. The van der Waals surface area contributed by atoms with E-state index >= 15 is 0 Å². The lowest BCUT2D eigenvalue weighted by Gasteiger charge is -2.11. The standard InChI is InChI=1S/C47H28N4O/c1-6-16-39-31(11-1)32-12-2-7-17-40(32)49(39)29-21-23-43-36(25-29)33-13-3-8-18-41(33)50(43)30-22-24-44-37(26-30)34-14-4-9-19-42(34)51(44)47-27-38-35-15-5-10-20-45(35)52-46(38)28-48-47/h1-28H. The third kappa shape index (κ3) is 3.69. The van der Waals surface area contributed by atoms with Gasteiger partial charge in [0.2, 0.25) is 0 Å². The zero-order valence-electron chi connectivity index (χ0n) is 27.9. The molecule has 52 heavy (non-hydrogen) atoms. The van der Waals surface area contributed by atoms with Crippen LogP contribution in [0.4, 0.5) is 0 Å². The number of aromatic nitrogens is 4. The van der Waals surface area contributed by atoms with Gasteiger partial charge < -0.3 is 13.6 Å². The van der Waals surface area contributed by atoms with Crippen LogP contribution in [0.25, 0.3) is 105 Å². The third-order valence-electron chi connectivity index (χ3n) is 10.9. The number of rotatable bonds is 3. The van der Waals surface area contributed by atoms with Gasteiger partial charge in [-0.15, -0.1) is 0 Å². The summed E-state index contributed by atoms with van der Waals surface area (Å²) in [6.45, 7) is 0. The fourth-order valence-corrected chi connectivity index (χ4v) is 8.67. The van der Waals surface area contributed by atoms with Crippen LogP contribution in [-0.4, -0.2) is 18.7 Å². The number of pyridine rings is 1. The largest absolute Gasteiger partial charge is 0.454 e. The molecular weight excluding hydrogens is 637 g/mol. The maximum absolute atomic E-state index is 6.12. The van der Waals surface area contributed by atoms with E-state index in [1.54, 1.807) is 0 Å². The first-order valence-electron chi connectivity index (χ1n) is 17.6. The summed E-state index contributed by atoms with van der Waals surface area (Å²) in [5.74, 6) is 0.868. The minimum Gasteiger partial charge on any atom is -0.454 e. The van der Waals surface area contributed by atoms with Crippen LogP contribution < -0.4 is 0 Å². The summed E-state index contributed by atoms with van der Waals surface area (Å²) in [7, 11) is 0. The summed E-state index contributed by atoms with van der Waals surface area (Å²) >= 11 is 0. The minimum absolute atomic E-state index is 0.792. The highest BCUT2D eigenvalue weighted by Gasteiger charge is 2.19. The van der Waals surface area contributed by atoms with Crippen molar-refractivity contribution in [2.45, 2.75) is 0 Å². The molecule has 0 aliphatic carbocycles. The molecule has 12 rings (SSSR count). The van der Waals surface area contributed by atoms with Gasteiger partial charge in [0.25, 0.3) is 0 Å². The number of furan rings is 1. The van der Waals surface area contributed by atoms with Gasteiger partial charge >= 0.3 is 0 Å². The van der Waals surface area contributed by atoms with Gasteiger partial charge in [-0.1, -0.05) is 91.0 Å². The molecule has 0 spiro atoms. The first kappa shape index (κ1) is 27.7. The summed E-state index contributed by atoms with van der Waals surface area (Å²) in [5, 5.41) is 9.51. The highest BCUT2D eigenvalue weighted by Crippen LogP contribution is 2.39. The van der Waals surface area contributed by atoms with Gasteiger partial charge in [-0.25, -0.2) is 4.98 Å². The number of benzene rings is 7. The van der Waals surface area contributed by atoms with Gasteiger partial charge in [0.1, 0.15) is 11.4 Å². The lowest BCUT2D eigenvalue weighted by molar-refractivity contribution is 0.666. The molecule has 242 valence electrons. The molecule has 0 unspecified atom stereocenters. The van der Waals surface area contributed by atoms with E-state index in [0.717, 1.165) is 50.2 Å². The van der Waals surface area contributed by atoms with Crippen LogP contribution in [0.5, 0.6) is 0 Å². The molecule has 0 amide bonds. The number of nitrogens with zero attached hydrogens (tertiary/aromatic N) is 4. The topological polar surface area (TPSA) is 40.8 Å². The second kappa shape index (κ2) is 10.2. The normalized spacial score (nSPS) is 12.2. The van der Waals surface area contributed by atoms with Crippen molar-refractivity contribution in [1.29, 1.82) is 0 Å². The van der Waals surface area contributed by atoms with Gasteiger partial charge in [-0.05, 0) is 72.8 Å². The molecule has 0 fully saturated rings. The van der Waals surface area contributed by atoms with Crippen LogP contribution in [-0.2, 0) is 0 Å². The highest BCUT2D eigenvalue weighted by molar-refractivity contribution is 6.14. The summed E-state index contributed by atoms with van der Waals surface area (Å²) in [5.41, 5.74) is 10.9. The Morgan fingerprint density at radius 1 is 0.327 bits per heavy atom. The Labute approximate surface area is 296 Å². The predicted molar refractivity (Wildman–Crippen MR) is 215 cm³/mol. The molecule has 5 aromatic heterocycles. The van der Waals surface area contributed by atoms with E-state index in [4.69, 9.17) is 9.40 Å². The molecule has 0 bridgehead atoms. The smallest absolute Gasteiger partial charge is 0.153 e. The molecule has 0 saturated heterocycles. The SMILES string of the molecule is c1ccc2c(c1)oc1cnc(-n3c4ccccc4c4cc(-n5c6ccccc6c6cc(-n7c8ccccc8c8ccccc87)ccc65)ccc43)cc12. The predicted octanol–water partition coefficient (Wildman–Crippen LogP) is 12.3. The molecule has 5 heteroatoms. The summed E-state index contributed by atoms with van der Waals surface area (Å²) in [4.78, 5) is 4.93. The van der Waals surface area contributed by atoms with Gasteiger partial charge in [0.15, 0.2) is 5.58 Å². The van der Waals surface area contributed by atoms with E-state index in [1.807, 2.05) is 18.3 Å². The molecule has 0 atom stereocenters. The molecule has 7 aromatic carbocycles. The number of para-hydroxylation sites is 5. The number of hydrogen-bond acceptors (Lipinski definition) is 2. The minimum atomic E-state index is 0.792. The van der Waals surface area contributed by atoms with E-state index < -0.39 is 0 Å². The highest BCUT2D eigenvalue weighted by atomic mass is 16.3. The lowest BCUT2D eigenvalue weighted by Crippen LogP contribution is -1.98. The fraction of sp³-hybridized carbons (Fsp3) is 0. The third-order valence-corrected chi connectivity index (χ3v) is 10.9. The number of hydrogen-bond donors (Lipinski definition) is 0. The Hall–Kier alpha value is -7.11. The van der Waals surface area contributed by atoms with Crippen LogP contribution in [0.2, 0.25) is 0 Å². The van der Waals surface area contributed by atoms with E-state index in [-0.39, 0.29) is 0 Å². The Morgan fingerprint density at radius 2 is 0.750 bits per heavy atom. The molecule has 0 saturated carbocycles. The monoisotopic (exact) mass is 664 g/mol. The first-order chi connectivity index (χ1) is 25.8. The van der Waals surface area contributed by atoms with E-state index in [2.05, 4.69) is 165 Å². The second-order valence-corrected chi connectivity index (χ2v) is 13.6. The summed E-state index contributed by atoms with van der Waals surface area (Å²) < 4.78 is 13.2. The van der Waals surface area contributed by atoms with Crippen molar-refractivity contribution in [2.75, 3.05) is 0 Å². The van der Waals surface area contributed by atoms with E-state index in [9.17, 15) is 0 Å². The molecule has 12 aromatic rings. The molecule has 0 aliphatic rings. The van der Waals surface area contributed by atoms with Crippen molar-refractivity contribution in [1.82, 2.24) is 18.7 Å². The molecule has 5 heterocycles. The maximum atomic E-state index is 6.12. The average molecular weight is 665 g/mol. The molecule has 5 nitrogen and oxygen atoms in total. The van der Waals surface area contributed by atoms with Crippen LogP contribution in [0.15, 0.2) is 174 Å². The van der Waals surface area contributed by atoms with Crippen molar-refractivity contribution < 1.29 is 4.42 Å². The van der Waals surface area contributed by atoms with Gasteiger partial charge in [0.05, 0.1) is 39.3 Å². The fourth-order valence-electron chi connectivity index (χ4n) is 8.67. The van der Waals surface area contributed by atoms with Crippen molar-refractivity contribution in [3.63, 3.8) is 0 Å². The van der Waals surface area contributed by atoms with Crippen LogP contribution >= 0.6 is 0 Å². The zero-order chi connectivity index (χ0) is 33.9. The van der Waals surface area contributed by atoms with Crippen molar-refractivity contribution in [3.8, 4) is 17.2 Å². The van der Waals surface area contributed by atoms with Gasteiger partial charge in [-0.2, -0.15) is 0 Å². The molecule has 0 N–H and O–H groups in total.